The standard InChI is InChI=1S/C17H29NO/c1-2-12-7-3-5-9-14(12)17(19)16-11-13-8-4-6-10-15(13)18-16/h12-16,18H,2-11H2,1H3. The van der Waals surface area contributed by atoms with Gasteiger partial charge in [0.1, 0.15) is 0 Å². The van der Waals surface area contributed by atoms with Gasteiger partial charge in [-0.2, -0.15) is 0 Å². The van der Waals surface area contributed by atoms with Gasteiger partial charge in [-0.1, -0.05) is 39.0 Å². The molecule has 3 fully saturated rings. The molecule has 1 aliphatic heterocycles. The molecule has 2 nitrogen and oxygen atoms in total. The Bertz CT molecular complexity index is 313. The van der Waals surface area contributed by atoms with Crippen molar-refractivity contribution in [2.45, 2.75) is 83.2 Å². The first-order valence-corrected chi connectivity index (χ1v) is 8.59. The molecular weight excluding hydrogens is 234 g/mol. The van der Waals surface area contributed by atoms with E-state index in [0.29, 0.717) is 23.7 Å². The Hall–Kier alpha value is -0.370. The Morgan fingerprint density at radius 1 is 1.05 bits per heavy atom. The minimum atomic E-state index is 0.199. The third-order valence-corrected chi connectivity index (χ3v) is 6.01. The van der Waals surface area contributed by atoms with Crippen LogP contribution in [0.5, 0.6) is 0 Å². The van der Waals surface area contributed by atoms with E-state index in [1.54, 1.807) is 0 Å². The lowest BCUT2D eigenvalue weighted by atomic mass is 9.73. The summed E-state index contributed by atoms with van der Waals surface area (Å²) >= 11 is 0. The van der Waals surface area contributed by atoms with Crippen LogP contribution in [-0.4, -0.2) is 17.9 Å². The van der Waals surface area contributed by atoms with Gasteiger partial charge in [0.15, 0.2) is 5.78 Å². The quantitative estimate of drug-likeness (QED) is 0.841. The molecule has 3 rings (SSSR count). The first-order valence-electron chi connectivity index (χ1n) is 8.59. The van der Waals surface area contributed by atoms with Crippen LogP contribution in [0.4, 0.5) is 0 Å². The lowest BCUT2D eigenvalue weighted by Crippen LogP contribution is -2.42. The van der Waals surface area contributed by atoms with Gasteiger partial charge in [-0.25, -0.2) is 0 Å². The number of fused-ring (bicyclic) bond motifs is 1. The Morgan fingerprint density at radius 3 is 2.58 bits per heavy atom. The molecule has 108 valence electrons. The summed E-state index contributed by atoms with van der Waals surface area (Å²) in [6.07, 6.45) is 12.8. The summed E-state index contributed by atoms with van der Waals surface area (Å²) in [5, 5.41) is 3.69. The van der Waals surface area contributed by atoms with Gasteiger partial charge < -0.3 is 5.32 Å². The monoisotopic (exact) mass is 263 g/mol. The summed E-state index contributed by atoms with van der Waals surface area (Å²) in [6.45, 7) is 2.26. The molecule has 0 amide bonds. The van der Waals surface area contributed by atoms with Gasteiger partial charge in [0.25, 0.3) is 0 Å². The largest absolute Gasteiger partial charge is 0.304 e. The van der Waals surface area contributed by atoms with Crippen molar-refractivity contribution < 1.29 is 4.79 Å². The predicted molar refractivity (Wildman–Crippen MR) is 78.0 cm³/mol. The zero-order valence-electron chi connectivity index (χ0n) is 12.4. The van der Waals surface area contributed by atoms with Crippen LogP contribution in [0.2, 0.25) is 0 Å². The first kappa shape index (κ1) is 13.6. The van der Waals surface area contributed by atoms with Gasteiger partial charge in [-0.15, -0.1) is 0 Å². The van der Waals surface area contributed by atoms with Crippen LogP contribution in [-0.2, 0) is 4.79 Å². The van der Waals surface area contributed by atoms with Gasteiger partial charge in [-0.05, 0) is 43.9 Å². The number of ketones is 1. The van der Waals surface area contributed by atoms with Crippen LogP contribution < -0.4 is 5.32 Å². The molecule has 2 saturated carbocycles. The number of hydrogen-bond acceptors (Lipinski definition) is 2. The molecule has 2 aliphatic carbocycles. The first-order chi connectivity index (χ1) is 9.29. The van der Waals surface area contributed by atoms with E-state index in [9.17, 15) is 4.79 Å². The molecule has 2 heteroatoms. The average molecular weight is 263 g/mol. The maximum atomic E-state index is 12.9. The zero-order chi connectivity index (χ0) is 13.2. The minimum absolute atomic E-state index is 0.199. The van der Waals surface area contributed by atoms with Crippen molar-refractivity contribution in [1.82, 2.24) is 5.32 Å². The number of rotatable bonds is 3. The van der Waals surface area contributed by atoms with Crippen LogP contribution in [0.1, 0.15) is 71.1 Å². The second kappa shape index (κ2) is 5.95. The highest BCUT2D eigenvalue weighted by Gasteiger charge is 2.41. The predicted octanol–water partition coefficient (Wildman–Crippen LogP) is 3.69. The maximum Gasteiger partial charge on any atom is 0.153 e. The van der Waals surface area contributed by atoms with Crippen molar-refractivity contribution in [3.05, 3.63) is 0 Å². The van der Waals surface area contributed by atoms with Crippen LogP contribution in [0.25, 0.3) is 0 Å². The number of carbonyl (C=O) groups is 1. The van der Waals surface area contributed by atoms with E-state index in [-0.39, 0.29) is 6.04 Å². The summed E-state index contributed by atoms with van der Waals surface area (Å²) in [7, 11) is 0. The number of Topliss-reactive ketones (excluding diaryl/α,β-unsaturated/α-hetero) is 1. The Kier molecular flexibility index (Phi) is 4.26. The molecule has 1 N–H and O–H groups in total. The van der Waals surface area contributed by atoms with Gasteiger partial charge in [0.05, 0.1) is 6.04 Å². The maximum absolute atomic E-state index is 12.9. The Morgan fingerprint density at radius 2 is 1.79 bits per heavy atom. The number of carbonyl (C=O) groups excluding carboxylic acids is 1. The van der Waals surface area contributed by atoms with E-state index in [1.807, 2.05) is 0 Å². The summed E-state index contributed by atoms with van der Waals surface area (Å²) in [6, 6.07) is 0.858. The van der Waals surface area contributed by atoms with Crippen molar-refractivity contribution in [2.24, 2.45) is 17.8 Å². The van der Waals surface area contributed by atoms with Crippen molar-refractivity contribution >= 4 is 5.78 Å². The highest BCUT2D eigenvalue weighted by Crippen LogP contribution is 2.38. The van der Waals surface area contributed by atoms with Crippen LogP contribution in [0.15, 0.2) is 0 Å². The number of nitrogens with one attached hydrogen (secondary N) is 1. The normalized spacial score (nSPS) is 42.9. The summed E-state index contributed by atoms with van der Waals surface area (Å²) in [4.78, 5) is 12.9. The fourth-order valence-corrected chi connectivity index (χ4v) is 4.87. The Labute approximate surface area is 117 Å². The Balaban J connectivity index is 1.63. The smallest absolute Gasteiger partial charge is 0.153 e. The van der Waals surface area contributed by atoms with E-state index >= 15 is 0 Å². The topological polar surface area (TPSA) is 29.1 Å². The molecule has 0 spiro atoms. The zero-order valence-corrected chi connectivity index (χ0v) is 12.4. The fraction of sp³-hybridized carbons (Fsp3) is 0.941. The van der Waals surface area contributed by atoms with Crippen molar-refractivity contribution in [1.29, 1.82) is 0 Å². The van der Waals surface area contributed by atoms with Gasteiger partial charge in [0.2, 0.25) is 0 Å². The average Bonchev–Trinajstić information content (AvgIpc) is 2.90. The summed E-state index contributed by atoms with van der Waals surface area (Å²) < 4.78 is 0. The molecule has 3 aliphatic rings. The molecule has 0 radical (unpaired) electrons. The van der Waals surface area contributed by atoms with Crippen LogP contribution in [0.3, 0.4) is 0 Å². The van der Waals surface area contributed by atoms with E-state index in [2.05, 4.69) is 12.2 Å². The van der Waals surface area contributed by atoms with E-state index in [4.69, 9.17) is 0 Å². The second-order valence-corrected chi connectivity index (χ2v) is 7.07. The molecular formula is C17H29NO. The van der Waals surface area contributed by atoms with Crippen LogP contribution in [0, 0.1) is 17.8 Å². The van der Waals surface area contributed by atoms with Crippen LogP contribution >= 0.6 is 0 Å². The van der Waals surface area contributed by atoms with Crippen molar-refractivity contribution in [3.63, 3.8) is 0 Å². The lowest BCUT2D eigenvalue weighted by Gasteiger charge is -2.31. The molecule has 19 heavy (non-hydrogen) atoms. The molecule has 1 heterocycles. The van der Waals surface area contributed by atoms with Crippen molar-refractivity contribution in [3.8, 4) is 0 Å². The van der Waals surface area contributed by atoms with E-state index in [0.717, 1.165) is 18.8 Å². The van der Waals surface area contributed by atoms with E-state index in [1.165, 1.54) is 51.4 Å². The van der Waals surface area contributed by atoms with Gasteiger partial charge >= 0.3 is 0 Å². The molecule has 0 aromatic heterocycles. The number of hydrogen-bond donors (Lipinski definition) is 1. The highest BCUT2D eigenvalue weighted by atomic mass is 16.1. The highest BCUT2D eigenvalue weighted by molar-refractivity contribution is 5.87. The summed E-state index contributed by atoms with van der Waals surface area (Å²) in [5.74, 6) is 2.41. The third-order valence-electron chi connectivity index (χ3n) is 6.01. The van der Waals surface area contributed by atoms with Gasteiger partial charge in [-0.3, -0.25) is 4.79 Å². The molecule has 0 aromatic carbocycles. The molecule has 0 bridgehead atoms. The molecule has 0 aromatic rings. The van der Waals surface area contributed by atoms with Crippen molar-refractivity contribution in [2.75, 3.05) is 0 Å². The fourth-order valence-electron chi connectivity index (χ4n) is 4.87. The molecule has 5 atom stereocenters. The summed E-state index contributed by atoms with van der Waals surface area (Å²) in [5.41, 5.74) is 0. The SMILES string of the molecule is CCC1CCCCC1C(=O)C1CC2CCCCC2N1. The lowest BCUT2D eigenvalue weighted by molar-refractivity contribution is -0.127. The van der Waals surface area contributed by atoms with Gasteiger partial charge in [0, 0.05) is 12.0 Å². The molecule has 5 unspecified atom stereocenters. The second-order valence-electron chi connectivity index (χ2n) is 7.07. The third kappa shape index (κ3) is 2.74. The van der Waals surface area contributed by atoms with E-state index < -0.39 is 0 Å². The minimum Gasteiger partial charge on any atom is -0.304 e. The molecule has 1 saturated heterocycles.